The molecule has 0 radical (unpaired) electrons. The molecule has 0 aliphatic rings. The quantitative estimate of drug-likeness (QED) is 0.651. The van der Waals surface area contributed by atoms with Gasteiger partial charge in [-0.1, -0.05) is 0 Å². The number of rotatable bonds is 4. The Morgan fingerprint density at radius 2 is 2.12 bits per heavy atom. The van der Waals surface area contributed by atoms with Gasteiger partial charge in [0.05, 0.1) is 6.61 Å². The summed E-state index contributed by atoms with van der Waals surface area (Å²) in [7, 11) is 0. The maximum atomic E-state index is 8.62. The Kier molecular flexibility index (Phi) is 6.27. The molecule has 0 bridgehead atoms. The van der Waals surface area contributed by atoms with E-state index in [9.17, 15) is 0 Å². The van der Waals surface area contributed by atoms with Gasteiger partial charge < -0.3 is 5.11 Å². The molecule has 0 rings (SSSR count). The van der Waals surface area contributed by atoms with Crippen LogP contribution in [0.15, 0.2) is 0 Å². The van der Waals surface area contributed by atoms with Crippen molar-refractivity contribution in [2.75, 3.05) is 24.9 Å². The second kappa shape index (κ2) is 5.79. The zero-order valence-corrected chi connectivity index (χ0v) is 6.89. The first kappa shape index (κ1) is 8.66. The summed E-state index contributed by atoms with van der Waals surface area (Å²) in [6.07, 6.45) is 4.08. The first-order valence-electron chi connectivity index (χ1n) is 2.47. The van der Waals surface area contributed by atoms with Gasteiger partial charge in [0.25, 0.3) is 0 Å². The van der Waals surface area contributed by atoms with Crippen LogP contribution in [0.2, 0.25) is 0 Å². The molecule has 0 aromatic rings. The number of aliphatic hydroxyl groups excluding tert-OH is 1. The van der Waals surface area contributed by atoms with E-state index in [4.69, 9.17) is 5.11 Å². The Balaban J connectivity index is 3.07. The standard InChI is InChI=1S/C5H12OS2/c1-7-4-5(3-6)8-2/h5-6H,3-4H2,1-2H3. The largest absolute Gasteiger partial charge is 0.395 e. The van der Waals surface area contributed by atoms with Gasteiger partial charge in [-0.3, -0.25) is 0 Å². The van der Waals surface area contributed by atoms with E-state index in [-0.39, 0.29) is 0 Å². The third kappa shape index (κ3) is 3.64. The molecule has 0 aliphatic carbocycles. The summed E-state index contributed by atoms with van der Waals surface area (Å²) in [6, 6.07) is 0. The smallest absolute Gasteiger partial charge is 0.0557 e. The van der Waals surface area contributed by atoms with E-state index < -0.39 is 0 Å². The van der Waals surface area contributed by atoms with Crippen LogP contribution in [0.4, 0.5) is 0 Å². The minimum absolute atomic E-state index is 0.308. The fourth-order valence-corrected chi connectivity index (χ4v) is 1.96. The second-order valence-electron chi connectivity index (χ2n) is 1.50. The molecule has 1 N–H and O–H groups in total. The average molecular weight is 152 g/mol. The molecule has 0 amide bonds. The Morgan fingerprint density at radius 1 is 1.50 bits per heavy atom. The molecule has 8 heavy (non-hydrogen) atoms. The van der Waals surface area contributed by atoms with Crippen LogP contribution in [0, 0.1) is 0 Å². The van der Waals surface area contributed by atoms with Gasteiger partial charge in [0.2, 0.25) is 0 Å². The number of aliphatic hydroxyl groups is 1. The summed E-state index contributed by atoms with van der Waals surface area (Å²) in [5.74, 6) is 1.05. The molecular formula is C5H12OS2. The predicted molar refractivity (Wildman–Crippen MR) is 42.8 cm³/mol. The normalized spacial score (nSPS) is 13.9. The molecule has 0 aromatic carbocycles. The predicted octanol–water partition coefficient (Wildman–Crippen LogP) is 1.07. The fraction of sp³-hybridized carbons (Fsp3) is 1.00. The summed E-state index contributed by atoms with van der Waals surface area (Å²) in [6.45, 7) is 0.308. The lowest BCUT2D eigenvalue weighted by molar-refractivity contribution is 0.301. The van der Waals surface area contributed by atoms with E-state index in [0.29, 0.717) is 11.9 Å². The van der Waals surface area contributed by atoms with Gasteiger partial charge in [0.1, 0.15) is 0 Å². The van der Waals surface area contributed by atoms with Gasteiger partial charge in [-0.05, 0) is 12.5 Å². The number of hydrogen-bond donors (Lipinski definition) is 1. The van der Waals surface area contributed by atoms with Gasteiger partial charge in [-0.2, -0.15) is 23.5 Å². The van der Waals surface area contributed by atoms with Crippen molar-refractivity contribution in [1.82, 2.24) is 0 Å². The maximum Gasteiger partial charge on any atom is 0.0557 e. The van der Waals surface area contributed by atoms with E-state index in [1.54, 1.807) is 23.5 Å². The van der Waals surface area contributed by atoms with Gasteiger partial charge >= 0.3 is 0 Å². The molecule has 1 nitrogen and oxygen atoms in total. The Labute approximate surface area is 59.2 Å². The van der Waals surface area contributed by atoms with E-state index in [2.05, 4.69) is 6.26 Å². The monoisotopic (exact) mass is 152 g/mol. The molecule has 3 heteroatoms. The number of hydrogen-bond acceptors (Lipinski definition) is 3. The van der Waals surface area contributed by atoms with Crippen molar-refractivity contribution >= 4 is 23.5 Å². The van der Waals surface area contributed by atoms with Crippen LogP contribution < -0.4 is 0 Å². The van der Waals surface area contributed by atoms with Gasteiger partial charge in [0, 0.05) is 11.0 Å². The molecule has 50 valence electrons. The lowest BCUT2D eigenvalue weighted by atomic mass is 10.5. The van der Waals surface area contributed by atoms with Crippen LogP contribution in [0.1, 0.15) is 0 Å². The van der Waals surface area contributed by atoms with Crippen LogP contribution in [-0.4, -0.2) is 35.2 Å². The molecule has 1 unspecified atom stereocenters. The summed E-state index contributed by atoms with van der Waals surface area (Å²) < 4.78 is 0. The van der Waals surface area contributed by atoms with Crippen molar-refractivity contribution in [3.63, 3.8) is 0 Å². The van der Waals surface area contributed by atoms with Crippen molar-refractivity contribution in [3.05, 3.63) is 0 Å². The SMILES string of the molecule is CSCC(CO)SC. The van der Waals surface area contributed by atoms with E-state index >= 15 is 0 Å². The van der Waals surface area contributed by atoms with Gasteiger partial charge in [-0.25, -0.2) is 0 Å². The highest BCUT2D eigenvalue weighted by atomic mass is 32.2. The summed E-state index contributed by atoms with van der Waals surface area (Å²) in [4.78, 5) is 0. The van der Waals surface area contributed by atoms with Crippen molar-refractivity contribution in [2.45, 2.75) is 5.25 Å². The molecule has 0 aliphatic heterocycles. The van der Waals surface area contributed by atoms with Crippen LogP contribution in [0.3, 0.4) is 0 Å². The highest BCUT2D eigenvalue weighted by Crippen LogP contribution is 2.09. The topological polar surface area (TPSA) is 20.2 Å². The second-order valence-corrected chi connectivity index (χ2v) is 3.54. The molecule has 0 aromatic heterocycles. The molecule has 0 heterocycles. The number of thioether (sulfide) groups is 2. The first-order valence-corrected chi connectivity index (χ1v) is 5.16. The fourth-order valence-electron chi connectivity index (χ4n) is 0.381. The molecule has 0 spiro atoms. The Hall–Kier alpha value is 0.660. The van der Waals surface area contributed by atoms with Crippen molar-refractivity contribution in [2.24, 2.45) is 0 Å². The summed E-state index contributed by atoms with van der Waals surface area (Å²) >= 11 is 3.50. The molecule has 0 fully saturated rings. The van der Waals surface area contributed by atoms with E-state index in [1.165, 1.54) is 0 Å². The van der Waals surface area contributed by atoms with Crippen molar-refractivity contribution < 1.29 is 5.11 Å². The van der Waals surface area contributed by atoms with Crippen molar-refractivity contribution in [1.29, 1.82) is 0 Å². The minimum Gasteiger partial charge on any atom is -0.395 e. The van der Waals surface area contributed by atoms with Crippen LogP contribution in [0.25, 0.3) is 0 Å². The lowest BCUT2D eigenvalue weighted by Gasteiger charge is -2.06. The Morgan fingerprint density at radius 3 is 2.25 bits per heavy atom. The third-order valence-corrected chi connectivity index (χ3v) is 2.82. The minimum atomic E-state index is 0.308. The average Bonchev–Trinajstić information content (AvgIpc) is 1.83. The third-order valence-electron chi connectivity index (χ3n) is 0.890. The summed E-state index contributed by atoms with van der Waals surface area (Å²) in [5.41, 5.74) is 0. The van der Waals surface area contributed by atoms with Crippen molar-refractivity contribution in [3.8, 4) is 0 Å². The van der Waals surface area contributed by atoms with E-state index in [0.717, 1.165) is 5.75 Å². The van der Waals surface area contributed by atoms with Gasteiger partial charge in [-0.15, -0.1) is 0 Å². The zero-order chi connectivity index (χ0) is 6.41. The summed E-state index contributed by atoms with van der Waals surface area (Å²) in [5, 5.41) is 9.06. The highest BCUT2D eigenvalue weighted by Gasteiger charge is 2.01. The Bertz CT molecular complexity index is 45.7. The van der Waals surface area contributed by atoms with Crippen LogP contribution in [0.5, 0.6) is 0 Å². The maximum absolute atomic E-state index is 8.62. The lowest BCUT2D eigenvalue weighted by Crippen LogP contribution is -2.10. The molecule has 1 atom stereocenters. The van der Waals surface area contributed by atoms with Crippen LogP contribution in [-0.2, 0) is 0 Å². The zero-order valence-electron chi connectivity index (χ0n) is 5.26. The van der Waals surface area contributed by atoms with Crippen LogP contribution >= 0.6 is 23.5 Å². The molecule has 0 saturated carbocycles. The molecular weight excluding hydrogens is 140 g/mol. The molecule has 0 saturated heterocycles. The first-order chi connectivity index (χ1) is 3.85. The van der Waals surface area contributed by atoms with Gasteiger partial charge in [0.15, 0.2) is 0 Å². The highest BCUT2D eigenvalue weighted by molar-refractivity contribution is 8.02. The van der Waals surface area contributed by atoms with E-state index in [1.807, 2.05) is 6.26 Å².